The number of aliphatic imine (C=N–C) groups is 1. The molecule has 0 atom stereocenters. The first-order valence-corrected chi connectivity index (χ1v) is 7.93. The van der Waals surface area contributed by atoms with E-state index in [2.05, 4.69) is 16.2 Å². The molecule has 2 rings (SSSR count). The van der Waals surface area contributed by atoms with Crippen molar-refractivity contribution in [2.45, 2.75) is 6.42 Å². The largest absolute Gasteiger partial charge is 0.490 e. The van der Waals surface area contributed by atoms with Gasteiger partial charge in [0, 0.05) is 23.9 Å². The van der Waals surface area contributed by atoms with Gasteiger partial charge < -0.3 is 20.5 Å². The van der Waals surface area contributed by atoms with Crippen LogP contribution >= 0.6 is 35.7 Å². The molecule has 1 heterocycles. The van der Waals surface area contributed by atoms with E-state index in [1.165, 1.54) is 0 Å². The molecule has 0 spiro atoms. The van der Waals surface area contributed by atoms with Gasteiger partial charge >= 0.3 is 0 Å². The first-order chi connectivity index (χ1) is 10.3. The maximum Gasteiger partial charge on any atom is 0.193 e. The Kier molecular flexibility index (Phi) is 8.92. The van der Waals surface area contributed by atoms with E-state index in [9.17, 15) is 0 Å². The Hall–Kier alpha value is -1.27. The summed E-state index contributed by atoms with van der Waals surface area (Å²) in [4.78, 5) is 4.24. The normalized spacial score (nSPS) is 13.5. The molecule has 0 unspecified atom stereocenters. The predicted octanol–water partition coefficient (Wildman–Crippen LogP) is 2.56. The van der Waals surface area contributed by atoms with Gasteiger partial charge in [-0.2, -0.15) is 0 Å². The minimum Gasteiger partial charge on any atom is -0.490 e. The van der Waals surface area contributed by atoms with Crippen LogP contribution in [0.5, 0.6) is 11.5 Å². The predicted molar refractivity (Wildman–Crippen MR) is 104 cm³/mol. The molecule has 0 aromatic heterocycles. The van der Waals surface area contributed by atoms with Crippen molar-refractivity contribution in [2.75, 3.05) is 36.6 Å². The average molecular weight is 433 g/mol. The van der Waals surface area contributed by atoms with Gasteiger partial charge in [0.25, 0.3) is 0 Å². The van der Waals surface area contributed by atoms with Crippen LogP contribution in [0.25, 0.3) is 0 Å². The first-order valence-electron chi connectivity index (χ1n) is 6.77. The molecule has 5 nitrogen and oxygen atoms in total. The van der Waals surface area contributed by atoms with Crippen molar-refractivity contribution in [3.8, 4) is 23.8 Å². The van der Waals surface area contributed by atoms with E-state index >= 15 is 0 Å². The van der Waals surface area contributed by atoms with E-state index in [0.29, 0.717) is 31.5 Å². The van der Waals surface area contributed by atoms with Crippen LogP contribution in [-0.4, -0.2) is 37.2 Å². The Morgan fingerprint density at radius 3 is 2.91 bits per heavy atom. The van der Waals surface area contributed by atoms with Crippen LogP contribution in [0, 0.1) is 12.3 Å². The smallest absolute Gasteiger partial charge is 0.193 e. The molecule has 0 aliphatic carbocycles. The fraction of sp³-hybridized carbons (Fsp3) is 0.400. The molecule has 3 N–H and O–H groups in total. The summed E-state index contributed by atoms with van der Waals surface area (Å²) < 4.78 is 11.2. The van der Waals surface area contributed by atoms with Crippen LogP contribution in [0.1, 0.15) is 6.42 Å². The zero-order valence-corrected chi connectivity index (χ0v) is 15.4. The molecule has 0 saturated heterocycles. The number of halogens is 1. The van der Waals surface area contributed by atoms with Gasteiger partial charge in [-0.25, -0.2) is 0 Å². The Balaban J connectivity index is 0.00000242. The number of rotatable bonds is 5. The topological polar surface area (TPSA) is 68.9 Å². The van der Waals surface area contributed by atoms with Crippen LogP contribution in [0.15, 0.2) is 23.2 Å². The Morgan fingerprint density at radius 1 is 1.36 bits per heavy atom. The number of guanidine groups is 1. The SMILES string of the molecule is C#CCSCCN=C(N)Nc1ccc2c(c1)OCCCO2.I. The third-order valence-electron chi connectivity index (χ3n) is 2.72. The van der Waals surface area contributed by atoms with Crippen LogP contribution in [0.3, 0.4) is 0 Å². The fourth-order valence-corrected chi connectivity index (χ4v) is 2.27. The molecule has 0 radical (unpaired) electrons. The van der Waals surface area contributed by atoms with E-state index in [0.717, 1.165) is 29.4 Å². The van der Waals surface area contributed by atoms with E-state index in [4.69, 9.17) is 21.6 Å². The summed E-state index contributed by atoms with van der Waals surface area (Å²) in [5.74, 6) is 6.00. The minimum absolute atomic E-state index is 0. The molecule has 0 saturated carbocycles. The van der Waals surface area contributed by atoms with Crippen LogP contribution in [0.2, 0.25) is 0 Å². The zero-order chi connectivity index (χ0) is 14.9. The zero-order valence-electron chi connectivity index (χ0n) is 12.2. The summed E-state index contributed by atoms with van der Waals surface area (Å²) in [6.07, 6.45) is 6.06. The number of thioether (sulfide) groups is 1. The number of terminal acetylenes is 1. The van der Waals surface area contributed by atoms with Crippen molar-refractivity contribution in [3.63, 3.8) is 0 Å². The number of hydrogen-bond donors (Lipinski definition) is 2. The monoisotopic (exact) mass is 433 g/mol. The van der Waals surface area contributed by atoms with Gasteiger partial charge in [0.05, 0.1) is 25.5 Å². The molecule has 22 heavy (non-hydrogen) atoms. The molecule has 120 valence electrons. The maximum atomic E-state index is 5.84. The van der Waals surface area contributed by atoms with Crippen molar-refractivity contribution in [1.82, 2.24) is 0 Å². The molecular formula is C15H20IN3O2S. The number of ether oxygens (including phenoxy) is 2. The molecule has 0 bridgehead atoms. The Morgan fingerprint density at radius 2 is 2.14 bits per heavy atom. The van der Waals surface area contributed by atoms with Crippen LogP contribution in [0.4, 0.5) is 5.69 Å². The Labute approximate surface area is 152 Å². The molecule has 1 aromatic carbocycles. The number of nitrogens with zero attached hydrogens (tertiary/aromatic N) is 1. The minimum atomic E-state index is 0. The second-order valence-electron chi connectivity index (χ2n) is 4.36. The maximum absolute atomic E-state index is 5.84. The third-order valence-corrected chi connectivity index (χ3v) is 3.57. The molecule has 0 fully saturated rings. The number of fused-ring (bicyclic) bond motifs is 1. The quantitative estimate of drug-likeness (QED) is 0.246. The molecule has 1 aliphatic heterocycles. The van der Waals surface area contributed by atoms with Crippen LogP contribution < -0.4 is 20.5 Å². The van der Waals surface area contributed by atoms with Gasteiger partial charge in [0.1, 0.15) is 0 Å². The first kappa shape index (κ1) is 18.8. The van der Waals surface area contributed by atoms with Gasteiger partial charge in [-0.05, 0) is 12.1 Å². The van der Waals surface area contributed by atoms with Gasteiger partial charge in [-0.3, -0.25) is 4.99 Å². The van der Waals surface area contributed by atoms with Crippen molar-refractivity contribution in [3.05, 3.63) is 18.2 Å². The van der Waals surface area contributed by atoms with Crippen molar-refractivity contribution in [2.24, 2.45) is 10.7 Å². The highest BCUT2D eigenvalue weighted by atomic mass is 127. The van der Waals surface area contributed by atoms with Crippen LogP contribution in [-0.2, 0) is 0 Å². The number of benzene rings is 1. The number of hydrogen-bond acceptors (Lipinski definition) is 4. The highest BCUT2D eigenvalue weighted by molar-refractivity contribution is 14.0. The van der Waals surface area contributed by atoms with Gasteiger partial charge in [0.15, 0.2) is 17.5 Å². The second kappa shape index (κ2) is 10.5. The lowest BCUT2D eigenvalue weighted by atomic mass is 10.3. The summed E-state index contributed by atoms with van der Waals surface area (Å²) in [6.45, 7) is 1.97. The standard InChI is InChI=1S/C15H19N3O2S.HI/c1-2-9-21-10-6-17-15(16)18-12-4-5-13-14(11-12)20-8-3-7-19-13;/h1,4-5,11H,3,6-10H2,(H3,16,17,18);1H. The van der Waals surface area contributed by atoms with Crippen molar-refractivity contribution in [1.29, 1.82) is 0 Å². The molecule has 7 heteroatoms. The molecular weight excluding hydrogens is 413 g/mol. The lowest BCUT2D eigenvalue weighted by Crippen LogP contribution is -2.23. The summed E-state index contributed by atoms with van der Waals surface area (Å²) in [5.41, 5.74) is 6.67. The molecule has 1 aromatic rings. The fourth-order valence-electron chi connectivity index (χ4n) is 1.79. The van der Waals surface area contributed by atoms with Gasteiger partial charge in [-0.15, -0.1) is 42.2 Å². The highest BCUT2D eigenvalue weighted by Gasteiger charge is 2.10. The molecule has 0 amide bonds. The summed E-state index contributed by atoms with van der Waals surface area (Å²) in [5, 5.41) is 3.05. The second-order valence-corrected chi connectivity index (χ2v) is 5.47. The number of nitrogens with two attached hydrogens (primary N) is 1. The number of nitrogens with one attached hydrogen (secondary N) is 1. The van der Waals surface area contributed by atoms with E-state index < -0.39 is 0 Å². The third kappa shape index (κ3) is 6.23. The molecule has 1 aliphatic rings. The highest BCUT2D eigenvalue weighted by Crippen LogP contribution is 2.32. The van der Waals surface area contributed by atoms with E-state index in [1.807, 2.05) is 18.2 Å². The Bertz CT molecular complexity index is 546. The van der Waals surface area contributed by atoms with Crippen molar-refractivity contribution >= 4 is 47.4 Å². The lowest BCUT2D eigenvalue weighted by Gasteiger charge is -2.10. The average Bonchev–Trinajstić information content (AvgIpc) is 2.72. The van der Waals surface area contributed by atoms with E-state index in [-0.39, 0.29) is 24.0 Å². The van der Waals surface area contributed by atoms with Gasteiger partial charge in [0.2, 0.25) is 0 Å². The number of anilines is 1. The van der Waals surface area contributed by atoms with Crippen molar-refractivity contribution < 1.29 is 9.47 Å². The summed E-state index contributed by atoms with van der Waals surface area (Å²) in [6, 6.07) is 5.64. The summed E-state index contributed by atoms with van der Waals surface area (Å²) in [7, 11) is 0. The summed E-state index contributed by atoms with van der Waals surface area (Å²) >= 11 is 1.66. The van der Waals surface area contributed by atoms with E-state index in [1.54, 1.807) is 11.8 Å². The lowest BCUT2D eigenvalue weighted by molar-refractivity contribution is 0.297. The van der Waals surface area contributed by atoms with Gasteiger partial charge in [-0.1, -0.05) is 5.92 Å².